The molecule has 0 aliphatic carbocycles. The molecule has 30 heavy (non-hydrogen) atoms. The van der Waals surface area contributed by atoms with Crippen molar-refractivity contribution in [3.05, 3.63) is 72.0 Å². The van der Waals surface area contributed by atoms with Gasteiger partial charge in [0.25, 0.3) is 5.91 Å². The number of ether oxygens (including phenoxy) is 2. The quantitative estimate of drug-likeness (QED) is 0.545. The number of carbonyl (C=O) groups is 2. The number of aryl methyl sites for hydroxylation is 2. The van der Waals surface area contributed by atoms with Crippen LogP contribution in [0.4, 0.5) is 5.69 Å². The van der Waals surface area contributed by atoms with Crippen LogP contribution in [0.5, 0.6) is 5.75 Å². The Hall–Kier alpha value is -3.54. The predicted octanol–water partition coefficient (Wildman–Crippen LogP) is 4.77. The SMILES string of the molecule is COc1ccc(C)cc1NC(=O)[C@@H](C)OC(=O)CCc1ccc(-c2ccccc2)o1. The zero-order valence-electron chi connectivity index (χ0n) is 17.3. The lowest BCUT2D eigenvalue weighted by molar-refractivity contribution is -0.153. The molecule has 1 N–H and O–H groups in total. The molecule has 0 saturated carbocycles. The summed E-state index contributed by atoms with van der Waals surface area (Å²) in [5, 5.41) is 2.74. The maximum Gasteiger partial charge on any atom is 0.307 e. The molecule has 156 valence electrons. The summed E-state index contributed by atoms with van der Waals surface area (Å²) in [5.41, 5.74) is 2.49. The monoisotopic (exact) mass is 407 g/mol. The summed E-state index contributed by atoms with van der Waals surface area (Å²) in [4.78, 5) is 24.6. The van der Waals surface area contributed by atoms with Crippen molar-refractivity contribution in [1.29, 1.82) is 0 Å². The lowest BCUT2D eigenvalue weighted by Crippen LogP contribution is -2.30. The van der Waals surface area contributed by atoms with Gasteiger partial charge in [-0.3, -0.25) is 9.59 Å². The third-order valence-corrected chi connectivity index (χ3v) is 4.59. The molecule has 0 fully saturated rings. The fourth-order valence-corrected chi connectivity index (χ4v) is 2.96. The largest absolute Gasteiger partial charge is 0.495 e. The van der Waals surface area contributed by atoms with Gasteiger partial charge >= 0.3 is 5.97 Å². The van der Waals surface area contributed by atoms with E-state index in [0.717, 1.165) is 16.9 Å². The molecule has 0 spiro atoms. The van der Waals surface area contributed by atoms with Crippen LogP contribution >= 0.6 is 0 Å². The summed E-state index contributed by atoms with van der Waals surface area (Å²) < 4.78 is 16.3. The van der Waals surface area contributed by atoms with Crippen LogP contribution in [0, 0.1) is 6.92 Å². The normalized spacial score (nSPS) is 11.6. The number of methoxy groups -OCH3 is 1. The molecule has 3 aromatic rings. The van der Waals surface area contributed by atoms with Gasteiger partial charge in [0, 0.05) is 12.0 Å². The van der Waals surface area contributed by atoms with Crippen LogP contribution in [0.3, 0.4) is 0 Å². The molecule has 1 atom stereocenters. The lowest BCUT2D eigenvalue weighted by Gasteiger charge is -2.15. The Balaban J connectivity index is 1.50. The predicted molar refractivity (Wildman–Crippen MR) is 114 cm³/mol. The van der Waals surface area contributed by atoms with Gasteiger partial charge in [-0.2, -0.15) is 0 Å². The van der Waals surface area contributed by atoms with Crippen molar-refractivity contribution in [2.45, 2.75) is 32.8 Å². The number of esters is 1. The number of carbonyl (C=O) groups excluding carboxylic acids is 2. The second-order valence-corrected chi connectivity index (χ2v) is 6.96. The van der Waals surface area contributed by atoms with Crippen LogP contribution < -0.4 is 10.1 Å². The van der Waals surface area contributed by atoms with Crippen LogP contribution in [0.15, 0.2) is 65.1 Å². The first kappa shape index (κ1) is 21.2. The van der Waals surface area contributed by atoms with E-state index in [1.165, 1.54) is 14.0 Å². The summed E-state index contributed by atoms with van der Waals surface area (Å²) in [6.07, 6.45) is -0.419. The molecule has 0 aliphatic rings. The average Bonchev–Trinajstić information content (AvgIpc) is 3.22. The number of benzene rings is 2. The van der Waals surface area contributed by atoms with E-state index in [1.54, 1.807) is 12.1 Å². The smallest absolute Gasteiger partial charge is 0.307 e. The van der Waals surface area contributed by atoms with Crippen molar-refractivity contribution >= 4 is 17.6 Å². The maximum absolute atomic E-state index is 12.4. The highest BCUT2D eigenvalue weighted by Crippen LogP contribution is 2.25. The second kappa shape index (κ2) is 9.78. The Morgan fingerprint density at radius 2 is 1.83 bits per heavy atom. The first-order valence-electron chi connectivity index (χ1n) is 9.75. The number of nitrogens with one attached hydrogen (secondary N) is 1. The van der Waals surface area contributed by atoms with Gasteiger partial charge in [0.1, 0.15) is 17.3 Å². The van der Waals surface area contributed by atoms with Crippen LogP contribution in [0.25, 0.3) is 11.3 Å². The summed E-state index contributed by atoms with van der Waals surface area (Å²) in [6.45, 7) is 3.45. The Labute approximate surface area is 175 Å². The minimum atomic E-state index is -0.931. The van der Waals surface area contributed by atoms with E-state index < -0.39 is 18.0 Å². The number of hydrogen-bond donors (Lipinski definition) is 1. The van der Waals surface area contributed by atoms with Gasteiger partial charge in [-0.15, -0.1) is 0 Å². The molecule has 0 unspecified atom stereocenters. The van der Waals surface area contributed by atoms with Gasteiger partial charge in [0.05, 0.1) is 19.2 Å². The minimum Gasteiger partial charge on any atom is -0.495 e. The van der Waals surface area contributed by atoms with E-state index >= 15 is 0 Å². The van der Waals surface area contributed by atoms with Gasteiger partial charge in [-0.1, -0.05) is 36.4 Å². The fraction of sp³-hybridized carbons (Fsp3) is 0.250. The molecule has 0 aliphatic heterocycles. The highest BCUT2D eigenvalue weighted by Gasteiger charge is 2.19. The standard InChI is InChI=1S/C24H25NO5/c1-16-9-12-22(28-3)20(15-16)25-24(27)17(2)29-23(26)14-11-19-10-13-21(30-19)18-7-5-4-6-8-18/h4-10,12-13,15,17H,11,14H2,1-3H3,(H,25,27)/t17-/m1/s1. The van der Waals surface area contributed by atoms with E-state index in [-0.39, 0.29) is 6.42 Å². The molecule has 6 nitrogen and oxygen atoms in total. The van der Waals surface area contributed by atoms with Crippen LogP contribution in [-0.4, -0.2) is 25.1 Å². The summed E-state index contributed by atoms with van der Waals surface area (Å²) in [5.74, 6) is 1.09. The fourth-order valence-electron chi connectivity index (χ4n) is 2.96. The highest BCUT2D eigenvalue weighted by atomic mass is 16.5. The third-order valence-electron chi connectivity index (χ3n) is 4.59. The Bertz CT molecular complexity index is 1010. The molecule has 6 heteroatoms. The first-order chi connectivity index (χ1) is 14.5. The van der Waals surface area contributed by atoms with E-state index in [0.29, 0.717) is 23.6 Å². The molecular weight excluding hydrogens is 382 g/mol. The van der Waals surface area contributed by atoms with Crippen molar-refractivity contribution in [2.24, 2.45) is 0 Å². The Morgan fingerprint density at radius 1 is 1.07 bits per heavy atom. The molecule has 1 heterocycles. The maximum atomic E-state index is 12.4. The molecule has 1 amide bonds. The van der Waals surface area contributed by atoms with Crippen molar-refractivity contribution in [3.63, 3.8) is 0 Å². The number of rotatable bonds is 8. The first-order valence-corrected chi connectivity index (χ1v) is 9.75. The third kappa shape index (κ3) is 5.50. The lowest BCUT2D eigenvalue weighted by atomic mass is 10.2. The van der Waals surface area contributed by atoms with Gasteiger partial charge < -0.3 is 19.2 Å². The van der Waals surface area contributed by atoms with E-state index in [9.17, 15) is 9.59 Å². The van der Waals surface area contributed by atoms with Gasteiger partial charge in [-0.25, -0.2) is 0 Å². The zero-order chi connectivity index (χ0) is 21.5. The van der Waals surface area contributed by atoms with E-state index in [2.05, 4.69) is 5.32 Å². The van der Waals surface area contributed by atoms with E-state index in [1.807, 2.05) is 55.5 Å². The van der Waals surface area contributed by atoms with Crippen LogP contribution in [-0.2, 0) is 20.7 Å². The zero-order valence-corrected chi connectivity index (χ0v) is 17.3. The van der Waals surface area contributed by atoms with Gasteiger partial charge in [0.15, 0.2) is 6.10 Å². The van der Waals surface area contributed by atoms with Crippen LogP contribution in [0.2, 0.25) is 0 Å². The molecule has 2 aromatic carbocycles. The highest BCUT2D eigenvalue weighted by molar-refractivity contribution is 5.96. The van der Waals surface area contributed by atoms with Crippen molar-refractivity contribution in [2.75, 3.05) is 12.4 Å². The molecule has 0 bridgehead atoms. The minimum absolute atomic E-state index is 0.118. The molecular formula is C24H25NO5. The number of hydrogen-bond acceptors (Lipinski definition) is 5. The molecule has 1 aromatic heterocycles. The summed E-state index contributed by atoms with van der Waals surface area (Å²) >= 11 is 0. The number of furan rings is 1. The van der Waals surface area contributed by atoms with Crippen molar-refractivity contribution < 1.29 is 23.5 Å². The van der Waals surface area contributed by atoms with Gasteiger partial charge in [0.2, 0.25) is 0 Å². The topological polar surface area (TPSA) is 77.8 Å². The number of amides is 1. The average molecular weight is 407 g/mol. The summed E-state index contributed by atoms with van der Waals surface area (Å²) in [6, 6.07) is 18.9. The van der Waals surface area contributed by atoms with Crippen molar-refractivity contribution in [1.82, 2.24) is 0 Å². The van der Waals surface area contributed by atoms with Crippen LogP contribution in [0.1, 0.15) is 24.7 Å². The number of anilines is 1. The molecule has 0 radical (unpaired) electrons. The molecule has 3 rings (SSSR count). The Kier molecular flexibility index (Phi) is 6.91. The van der Waals surface area contributed by atoms with E-state index in [4.69, 9.17) is 13.9 Å². The Morgan fingerprint density at radius 3 is 2.57 bits per heavy atom. The van der Waals surface area contributed by atoms with Gasteiger partial charge in [-0.05, 0) is 43.7 Å². The second-order valence-electron chi connectivity index (χ2n) is 6.96. The molecule has 0 saturated heterocycles. The summed E-state index contributed by atoms with van der Waals surface area (Å²) in [7, 11) is 1.53. The van der Waals surface area contributed by atoms with Crippen molar-refractivity contribution in [3.8, 4) is 17.1 Å².